The Morgan fingerprint density at radius 3 is 2.43 bits per heavy atom. The molecule has 0 aliphatic heterocycles. The van der Waals surface area contributed by atoms with Gasteiger partial charge < -0.3 is 0 Å². The Bertz CT molecular complexity index is 751. The fourth-order valence-electron chi connectivity index (χ4n) is 2.04. The number of rotatable bonds is 4. The highest BCUT2D eigenvalue weighted by atomic mass is 16.6. The molecule has 104 valence electrons. The summed E-state index contributed by atoms with van der Waals surface area (Å²) in [6, 6.07) is 16.2. The van der Waals surface area contributed by atoms with Crippen molar-refractivity contribution in [2.75, 3.05) is 0 Å². The standard InChI is InChI=1S/C15H12N4O2/c20-19(21)15-8-6-14(7-9-15)18-11-13(16-17-18)10-12-4-2-1-3-5-12/h1-9,11H,10H2. The van der Waals surface area contributed by atoms with Gasteiger partial charge in [-0.15, -0.1) is 5.10 Å². The van der Waals surface area contributed by atoms with Crippen LogP contribution in [0.15, 0.2) is 60.8 Å². The van der Waals surface area contributed by atoms with Gasteiger partial charge in [0, 0.05) is 18.6 Å². The van der Waals surface area contributed by atoms with Crippen molar-refractivity contribution in [2.45, 2.75) is 6.42 Å². The van der Waals surface area contributed by atoms with Gasteiger partial charge in [0.25, 0.3) is 5.69 Å². The summed E-state index contributed by atoms with van der Waals surface area (Å²) in [5.41, 5.74) is 2.81. The summed E-state index contributed by atoms with van der Waals surface area (Å²) in [5.74, 6) is 0. The zero-order valence-corrected chi connectivity index (χ0v) is 11.1. The first kappa shape index (κ1) is 13.0. The number of hydrogen-bond donors (Lipinski definition) is 0. The topological polar surface area (TPSA) is 73.8 Å². The lowest BCUT2D eigenvalue weighted by atomic mass is 10.1. The van der Waals surface area contributed by atoms with Gasteiger partial charge in [-0.05, 0) is 17.7 Å². The molecule has 0 bridgehead atoms. The molecule has 0 atom stereocenters. The average molecular weight is 280 g/mol. The molecule has 0 saturated heterocycles. The number of aromatic nitrogens is 3. The van der Waals surface area contributed by atoms with Crippen LogP contribution in [-0.2, 0) is 6.42 Å². The molecule has 0 spiro atoms. The molecule has 6 nitrogen and oxygen atoms in total. The van der Waals surface area contributed by atoms with Gasteiger partial charge in [0.2, 0.25) is 0 Å². The summed E-state index contributed by atoms with van der Waals surface area (Å²) in [6.45, 7) is 0. The van der Waals surface area contributed by atoms with Crippen LogP contribution in [0.1, 0.15) is 11.3 Å². The van der Waals surface area contributed by atoms with Gasteiger partial charge in [-0.1, -0.05) is 35.5 Å². The van der Waals surface area contributed by atoms with Crippen LogP contribution in [0, 0.1) is 10.1 Å². The number of nitro benzene ring substituents is 1. The highest BCUT2D eigenvalue weighted by molar-refractivity contribution is 5.40. The van der Waals surface area contributed by atoms with E-state index in [4.69, 9.17) is 0 Å². The van der Waals surface area contributed by atoms with Gasteiger partial charge in [0.15, 0.2) is 0 Å². The molecule has 3 aromatic rings. The van der Waals surface area contributed by atoms with Crippen LogP contribution < -0.4 is 0 Å². The Kier molecular flexibility index (Phi) is 3.42. The van der Waals surface area contributed by atoms with E-state index in [-0.39, 0.29) is 5.69 Å². The van der Waals surface area contributed by atoms with Crippen molar-refractivity contribution in [3.05, 3.63) is 82.2 Å². The van der Waals surface area contributed by atoms with Crippen LogP contribution in [0.25, 0.3) is 5.69 Å². The number of non-ortho nitro benzene ring substituents is 1. The molecule has 21 heavy (non-hydrogen) atoms. The van der Waals surface area contributed by atoms with Gasteiger partial charge >= 0.3 is 0 Å². The molecule has 0 fully saturated rings. The van der Waals surface area contributed by atoms with Crippen molar-refractivity contribution in [3.8, 4) is 5.69 Å². The molecule has 0 unspecified atom stereocenters. The van der Waals surface area contributed by atoms with Gasteiger partial charge in [-0.2, -0.15) is 0 Å². The third-order valence-corrected chi connectivity index (χ3v) is 3.09. The van der Waals surface area contributed by atoms with E-state index >= 15 is 0 Å². The van der Waals surface area contributed by atoms with Gasteiger partial charge in [-0.3, -0.25) is 10.1 Å². The number of hydrogen-bond acceptors (Lipinski definition) is 4. The average Bonchev–Trinajstić information content (AvgIpc) is 2.97. The molecule has 2 aromatic carbocycles. The Morgan fingerprint density at radius 2 is 1.76 bits per heavy atom. The normalized spacial score (nSPS) is 10.5. The van der Waals surface area contributed by atoms with E-state index < -0.39 is 4.92 Å². The van der Waals surface area contributed by atoms with Crippen molar-refractivity contribution >= 4 is 5.69 Å². The highest BCUT2D eigenvalue weighted by Gasteiger charge is 2.07. The van der Waals surface area contributed by atoms with Crippen LogP contribution in [0.4, 0.5) is 5.69 Å². The molecule has 0 aliphatic carbocycles. The first-order chi connectivity index (χ1) is 10.2. The number of nitrogens with zero attached hydrogens (tertiary/aromatic N) is 4. The van der Waals surface area contributed by atoms with E-state index in [1.165, 1.54) is 12.1 Å². The molecule has 6 heteroatoms. The molecule has 0 aliphatic rings. The minimum Gasteiger partial charge on any atom is -0.258 e. The van der Waals surface area contributed by atoms with Crippen molar-refractivity contribution in [2.24, 2.45) is 0 Å². The maximum absolute atomic E-state index is 10.6. The molecule has 1 aromatic heterocycles. The summed E-state index contributed by atoms with van der Waals surface area (Å²) < 4.78 is 1.61. The molecule has 0 N–H and O–H groups in total. The van der Waals surface area contributed by atoms with E-state index in [2.05, 4.69) is 10.3 Å². The fourth-order valence-corrected chi connectivity index (χ4v) is 2.04. The third kappa shape index (κ3) is 2.94. The zero-order chi connectivity index (χ0) is 14.7. The first-order valence-electron chi connectivity index (χ1n) is 6.42. The Balaban J connectivity index is 1.80. The van der Waals surface area contributed by atoms with E-state index in [1.54, 1.807) is 16.8 Å². The lowest BCUT2D eigenvalue weighted by Gasteiger charge is -1.99. The highest BCUT2D eigenvalue weighted by Crippen LogP contribution is 2.15. The molecule has 3 rings (SSSR count). The second-order valence-corrected chi connectivity index (χ2v) is 4.59. The van der Waals surface area contributed by atoms with E-state index in [9.17, 15) is 10.1 Å². The molecule has 0 saturated carbocycles. The first-order valence-corrected chi connectivity index (χ1v) is 6.42. The van der Waals surface area contributed by atoms with Crippen molar-refractivity contribution in [1.29, 1.82) is 0 Å². The lowest BCUT2D eigenvalue weighted by molar-refractivity contribution is -0.384. The van der Waals surface area contributed by atoms with Gasteiger partial charge in [-0.25, -0.2) is 4.68 Å². The van der Waals surface area contributed by atoms with E-state index in [0.29, 0.717) is 6.42 Å². The van der Waals surface area contributed by atoms with Crippen LogP contribution in [-0.4, -0.2) is 19.9 Å². The fraction of sp³-hybridized carbons (Fsp3) is 0.0667. The Hall–Kier alpha value is -3.02. The third-order valence-electron chi connectivity index (χ3n) is 3.09. The smallest absolute Gasteiger partial charge is 0.258 e. The number of nitro groups is 1. The molecular formula is C15H12N4O2. The Labute approximate surface area is 120 Å². The number of benzene rings is 2. The Morgan fingerprint density at radius 1 is 1.05 bits per heavy atom. The van der Waals surface area contributed by atoms with Crippen molar-refractivity contribution in [3.63, 3.8) is 0 Å². The molecule has 1 heterocycles. The van der Waals surface area contributed by atoms with Crippen LogP contribution in [0.5, 0.6) is 0 Å². The summed E-state index contributed by atoms with van der Waals surface area (Å²) >= 11 is 0. The largest absolute Gasteiger partial charge is 0.269 e. The maximum atomic E-state index is 10.6. The van der Waals surface area contributed by atoms with Crippen molar-refractivity contribution in [1.82, 2.24) is 15.0 Å². The van der Waals surface area contributed by atoms with E-state index in [0.717, 1.165) is 16.9 Å². The zero-order valence-electron chi connectivity index (χ0n) is 11.1. The maximum Gasteiger partial charge on any atom is 0.269 e. The van der Waals surface area contributed by atoms with Gasteiger partial charge in [0.1, 0.15) is 0 Å². The molecule has 0 amide bonds. The quantitative estimate of drug-likeness (QED) is 0.544. The van der Waals surface area contributed by atoms with E-state index in [1.807, 2.05) is 36.5 Å². The second kappa shape index (κ2) is 5.54. The van der Waals surface area contributed by atoms with Crippen molar-refractivity contribution < 1.29 is 4.92 Å². The minimum atomic E-state index is -0.425. The van der Waals surface area contributed by atoms with Crippen LogP contribution in [0.2, 0.25) is 0 Å². The van der Waals surface area contributed by atoms with Crippen LogP contribution in [0.3, 0.4) is 0 Å². The second-order valence-electron chi connectivity index (χ2n) is 4.59. The molecule has 0 radical (unpaired) electrons. The summed E-state index contributed by atoms with van der Waals surface area (Å²) in [5, 5.41) is 18.8. The summed E-state index contributed by atoms with van der Waals surface area (Å²) in [6.07, 6.45) is 2.53. The predicted octanol–water partition coefficient (Wildman–Crippen LogP) is 2.77. The molecular weight excluding hydrogens is 268 g/mol. The SMILES string of the molecule is O=[N+]([O-])c1ccc(-n2cc(Cc3ccccc3)nn2)cc1. The van der Waals surface area contributed by atoms with Crippen LogP contribution >= 0.6 is 0 Å². The minimum absolute atomic E-state index is 0.0587. The predicted molar refractivity (Wildman–Crippen MR) is 77.3 cm³/mol. The summed E-state index contributed by atoms with van der Waals surface area (Å²) in [4.78, 5) is 10.2. The lowest BCUT2D eigenvalue weighted by Crippen LogP contribution is -1.95. The monoisotopic (exact) mass is 280 g/mol. The van der Waals surface area contributed by atoms with Gasteiger partial charge in [0.05, 0.1) is 22.5 Å². The summed E-state index contributed by atoms with van der Waals surface area (Å²) in [7, 11) is 0.